The van der Waals surface area contributed by atoms with E-state index >= 15 is 0 Å². The Morgan fingerprint density at radius 3 is 2.00 bits per heavy atom. The van der Waals surface area contributed by atoms with Crippen molar-refractivity contribution < 1.29 is 27.8 Å². The van der Waals surface area contributed by atoms with E-state index < -0.39 is 17.5 Å². The molecule has 7 nitrogen and oxygen atoms in total. The Morgan fingerprint density at radius 1 is 0.926 bits per heavy atom. The zero-order valence-corrected chi connectivity index (χ0v) is 15.0. The summed E-state index contributed by atoms with van der Waals surface area (Å²) in [4.78, 5) is 21.8. The monoisotopic (exact) mass is 437 g/mol. The lowest BCUT2D eigenvalue weighted by molar-refractivity contribution is -0.119. The molecule has 4 rings (SSSR count). The highest BCUT2D eigenvalue weighted by molar-refractivity contribution is 9.10. The first-order valence-electron chi connectivity index (χ1n) is 7.46. The lowest BCUT2D eigenvalue weighted by Crippen LogP contribution is -2.26. The van der Waals surface area contributed by atoms with Crippen molar-refractivity contribution in [2.24, 2.45) is 0 Å². The molecule has 2 aromatic carbocycles. The molecule has 0 fully saturated rings. The van der Waals surface area contributed by atoms with Crippen LogP contribution in [0.4, 0.5) is 20.2 Å². The maximum absolute atomic E-state index is 13.4. The minimum atomic E-state index is -0.752. The molecule has 10 heteroatoms. The van der Waals surface area contributed by atoms with E-state index in [9.17, 15) is 18.4 Å². The van der Waals surface area contributed by atoms with E-state index in [1.807, 2.05) is 0 Å². The third-order valence-electron chi connectivity index (χ3n) is 3.53. The number of nitrogens with zero attached hydrogens (tertiary/aromatic N) is 1. The highest BCUT2D eigenvalue weighted by Crippen LogP contribution is 2.34. The molecule has 2 heterocycles. The zero-order valence-electron chi connectivity index (χ0n) is 13.4. The van der Waals surface area contributed by atoms with Crippen molar-refractivity contribution in [1.82, 2.24) is 0 Å². The van der Waals surface area contributed by atoms with Crippen molar-refractivity contribution in [2.45, 2.75) is 0 Å². The van der Waals surface area contributed by atoms with Crippen molar-refractivity contribution >= 4 is 39.1 Å². The number of fused-ring (bicyclic) bond motifs is 2. The summed E-state index contributed by atoms with van der Waals surface area (Å²) >= 11 is 3.01. The molecule has 0 spiro atoms. The number of hydrogen-bond donors (Lipinski definition) is 2. The van der Waals surface area contributed by atoms with Gasteiger partial charge in [0.25, 0.3) is 11.8 Å². The van der Waals surface area contributed by atoms with Gasteiger partial charge in [-0.05, 0) is 40.2 Å². The first-order valence-corrected chi connectivity index (χ1v) is 8.26. The second kappa shape index (κ2) is 7.59. The lowest BCUT2D eigenvalue weighted by atomic mass is 10.1. The Balaban J connectivity index is 0.000000156. The average molecular weight is 438 g/mol. The summed E-state index contributed by atoms with van der Waals surface area (Å²) in [6.07, 6.45) is 0. The van der Waals surface area contributed by atoms with Crippen LogP contribution in [0.2, 0.25) is 0 Å². The van der Waals surface area contributed by atoms with E-state index in [4.69, 9.17) is 14.7 Å². The number of halogens is 3. The van der Waals surface area contributed by atoms with Gasteiger partial charge in [-0.25, -0.2) is 8.78 Å². The van der Waals surface area contributed by atoms with Gasteiger partial charge in [0.2, 0.25) is 0 Å². The maximum Gasteiger partial charge on any atom is 0.262 e. The van der Waals surface area contributed by atoms with E-state index in [1.54, 1.807) is 12.1 Å². The van der Waals surface area contributed by atoms with Crippen molar-refractivity contribution in [1.29, 1.82) is 5.26 Å². The lowest BCUT2D eigenvalue weighted by Gasteiger charge is -2.18. The van der Waals surface area contributed by atoms with Crippen LogP contribution in [0.25, 0.3) is 0 Å². The number of nitriles is 1. The van der Waals surface area contributed by atoms with Crippen LogP contribution in [-0.2, 0) is 9.59 Å². The number of carbonyl (C=O) groups is 2. The minimum absolute atomic E-state index is 0.0553. The van der Waals surface area contributed by atoms with Crippen LogP contribution in [0.15, 0.2) is 28.7 Å². The van der Waals surface area contributed by atoms with Crippen LogP contribution in [0.3, 0.4) is 0 Å². The number of benzene rings is 2. The summed E-state index contributed by atoms with van der Waals surface area (Å²) in [5.41, 5.74) is -0.0690. The van der Waals surface area contributed by atoms with Gasteiger partial charge in [0.05, 0.1) is 10.0 Å². The fraction of sp³-hybridized carbons (Fsp3) is 0.118. The highest BCUT2D eigenvalue weighted by atomic mass is 79.9. The molecule has 2 aromatic rings. The third kappa shape index (κ3) is 3.83. The van der Waals surface area contributed by atoms with Crippen molar-refractivity contribution in [3.8, 4) is 17.6 Å². The molecule has 0 saturated heterocycles. The molecule has 2 aliphatic heterocycles. The summed E-state index contributed by atoms with van der Waals surface area (Å²) in [6.45, 7) is -0.188. The molecule has 0 bridgehead atoms. The highest BCUT2D eigenvalue weighted by Gasteiger charge is 2.22. The second-order valence-corrected chi connectivity index (χ2v) is 6.17. The fourth-order valence-electron chi connectivity index (χ4n) is 2.29. The van der Waals surface area contributed by atoms with Crippen LogP contribution < -0.4 is 20.1 Å². The van der Waals surface area contributed by atoms with E-state index in [1.165, 1.54) is 18.2 Å². The molecule has 2 N–H and O–H groups in total. The number of hydrogen-bond acceptors (Lipinski definition) is 5. The van der Waals surface area contributed by atoms with Gasteiger partial charge in [-0.2, -0.15) is 5.26 Å². The summed E-state index contributed by atoms with van der Waals surface area (Å²) in [6, 6.07) is 7.58. The van der Waals surface area contributed by atoms with Gasteiger partial charge < -0.3 is 20.1 Å². The predicted molar refractivity (Wildman–Crippen MR) is 93.5 cm³/mol. The topological polar surface area (TPSA) is 100 Å². The predicted octanol–water partition coefficient (Wildman–Crippen LogP) is 2.95. The number of amides is 2. The number of anilines is 2. The Labute approximate surface area is 160 Å². The largest absolute Gasteiger partial charge is 0.481 e. The number of nitrogens with one attached hydrogen (secondary N) is 2. The van der Waals surface area contributed by atoms with Crippen molar-refractivity contribution in [3.05, 3.63) is 45.9 Å². The van der Waals surface area contributed by atoms with E-state index in [0.29, 0.717) is 10.2 Å². The molecule has 2 aliphatic rings. The Bertz CT molecular complexity index is 991. The Morgan fingerprint density at radius 2 is 1.44 bits per heavy atom. The molecule has 2 amide bonds. The van der Waals surface area contributed by atoms with Crippen LogP contribution in [0.1, 0.15) is 5.56 Å². The molecule has 0 radical (unpaired) electrons. The van der Waals surface area contributed by atoms with Crippen LogP contribution in [0.5, 0.6) is 11.5 Å². The standard InChI is InChI=1S/C9H5FN2O2.C8H5BrFNO2/c10-8-5(3-11)1-2-6-9(8)12-7(13)4-14-6;9-4-1-2-5-8(7(4)10)11-6(12)3-13-5/h1-2H,4H2,(H,12,13);1-2H,3H2,(H,11,12). The van der Waals surface area contributed by atoms with Gasteiger partial charge in [-0.3, -0.25) is 9.59 Å². The Hall–Kier alpha value is -3.19. The molecular weight excluding hydrogens is 428 g/mol. The SMILES string of the molecule is N#Cc1ccc2c(c1F)NC(=O)CO2.O=C1COc2ccc(Br)c(F)c2N1. The van der Waals surface area contributed by atoms with Crippen molar-refractivity contribution in [3.63, 3.8) is 0 Å². The molecular formula is C17H10BrF2N3O4. The molecule has 0 saturated carbocycles. The smallest absolute Gasteiger partial charge is 0.262 e. The van der Waals surface area contributed by atoms with Gasteiger partial charge in [0, 0.05) is 0 Å². The second-order valence-electron chi connectivity index (χ2n) is 5.32. The van der Waals surface area contributed by atoms with Crippen LogP contribution in [0, 0.1) is 23.0 Å². The van der Waals surface area contributed by atoms with E-state index in [0.717, 1.165) is 0 Å². The summed E-state index contributed by atoms with van der Waals surface area (Å²) in [5, 5.41) is 13.3. The molecule has 0 atom stereocenters. The molecule has 138 valence electrons. The zero-order chi connectivity index (χ0) is 19.6. The fourth-order valence-corrected chi connectivity index (χ4v) is 2.62. The van der Waals surface area contributed by atoms with Gasteiger partial charge >= 0.3 is 0 Å². The maximum atomic E-state index is 13.4. The van der Waals surface area contributed by atoms with E-state index in [2.05, 4.69) is 26.6 Å². The molecule has 0 aromatic heterocycles. The normalized spacial score (nSPS) is 14.0. The summed E-state index contributed by atoms with van der Waals surface area (Å²) in [5.74, 6) is -1.42. The quantitative estimate of drug-likeness (QED) is 0.659. The number of rotatable bonds is 0. The van der Waals surface area contributed by atoms with Crippen LogP contribution >= 0.6 is 15.9 Å². The molecule has 0 unspecified atom stereocenters. The summed E-state index contributed by atoms with van der Waals surface area (Å²) in [7, 11) is 0. The van der Waals surface area contributed by atoms with Crippen molar-refractivity contribution in [2.75, 3.05) is 23.8 Å². The minimum Gasteiger partial charge on any atom is -0.481 e. The number of carbonyl (C=O) groups excluding carboxylic acids is 2. The van der Waals surface area contributed by atoms with Gasteiger partial charge in [-0.15, -0.1) is 0 Å². The average Bonchev–Trinajstić information content (AvgIpc) is 2.66. The van der Waals surface area contributed by atoms with Gasteiger partial charge in [0.15, 0.2) is 24.8 Å². The first-order chi connectivity index (χ1) is 12.9. The van der Waals surface area contributed by atoms with E-state index in [-0.39, 0.29) is 41.8 Å². The Kier molecular flexibility index (Phi) is 5.23. The van der Waals surface area contributed by atoms with Gasteiger partial charge in [-0.1, -0.05) is 0 Å². The summed E-state index contributed by atoms with van der Waals surface area (Å²) < 4.78 is 37.0. The number of ether oxygens (including phenoxy) is 2. The molecule has 27 heavy (non-hydrogen) atoms. The van der Waals surface area contributed by atoms with Gasteiger partial charge in [0.1, 0.15) is 28.9 Å². The molecule has 0 aliphatic carbocycles. The third-order valence-corrected chi connectivity index (χ3v) is 4.14. The van der Waals surface area contributed by atoms with Crippen LogP contribution in [-0.4, -0.2) is 25.0 Å². The first kappa shape index (κ1) is 18.6.